The number of ether oxygens (including phenoxy) is 2. The minimum Gasteiger partial charge on any atom is -0.483 e. The van der Waals surface area contributed by atoms with Gasteiger partial charge in [-0.15, -0.1) is 0 Å². The second-order valence-corrected chi connectivity index (χ2v) is 8.43. The van der Waals surface area contributed by atoms with Gasteiger partial charge in [0.05, 0.1) is 11.4 Å². The van der Waals surface area contributed by atoms with E-state index >= 15 is 0 Å². The zero-order valence-electron chi connectivity index (χ0n) is 17.4. The first-order chi connectivity index (χ1) is 13.9. The Morgan fingerprint density at radius 1 is 1.10 bits per heavy atom. The van der Waals surface area contributed by atoms with E-state index in [-0.39, 0.29) is 18.1 Å². The third-order valence-corrected chi connectivity index (χ3v) is 5.44. The lowest BCUT2D eigenvalue weighted by atomic mass is 10.0. The maximum atomic E-state index is 12.6. The van der Waals surface area contributed by atoms with Gasteiger partial charge in [0.15, 0.2) is 18.1 Å². The second kappa shape index (κ2) is 7.95. The number of para-hydroxylation sites is 3. The highest BCUT2D eigenvalue weighted by atomic mass is 16.5. The Labute approximate surface area is 172 Å². The molecule has 1 fully saturated rings. The SMILES string of the molecule is CN1CCN(c2ccccc2NC(=O)COc2cccc3c2OC(C)(C)C3)CC1. The van der Waals surface area contributed by atoms with Crippen LogP contribution in [0, 0.1) is 0 Å². The smallest absolute Gasteiger partial charge is 0.262 e. The van der Waals surface area contributed by atoms with Crippen LogP contribution in [0.2, 0.25) is 0 Å². The van der Waals surface area contributed by atoms with Crippen LogP contribution in [0.15, 0.2) is 42.5 Å². The zero-order valence-corrected chi connectivity index (χ0v) is 17.4. The van der Waals surface area contributed by atoms with Crippen molar-refractivity contribution in [3.05, 3.63) is 48.0 Å². The number of fused-ring (bicyclic) bond motifs is 1. The molecule has 2 aliphatic rings. The number of nitrogens with one attached hydrogen (secondary N) is 1. The molecule has 0 unspecified atom stereocenters. The first-order valence-corrected chi connectivity index (χ1v) is 10.2. The molecule has 0 atom stereocenters. The minimum atomic E-state index is -0.245. The topological polar surface area (TPSA) is 54.0 Å². The molecule has 2 heterocycles. The van der Waals surface area contributed by atoms with Crippen molar-refractivity contribution >= 4 is 17.3 Å². The highest BCUT2D eigenvalue weighted by Crippen LogP contribution is 2.41. The molecule has 0 bridgehead atoms. The highest BCUT2D eigenvalue weighted by Gasteiger charge is 2.32. The van der Waals surface area contributed by atoms with Crippen LogP contribution in [-0.2, 0) is 11.2 Å². The van der Waals surface area contributed by atoms with E-state index in [1.807, 2.05) is 36.4 Å². The van der Waals surface area contributed by atoms with Crippen LogP contribution in [0.4, 0.5) is 11.4 Å². The molecule has 6 heteroatoms. The first kappa shape index (κ1) is 19.6. The Kier molecular flexibility index (Phi) is 5.37. The van der Waals surface area contributed by atoms with Crippen molar-refractivity contribution < 1.29 is 14.3 Å². The summed E-state index contributed by atoms with van der Waals surface area (Å²) in [4.78, 5) is 17.2. The van der Waals surface area contributed by atoms with Crippen LogP contribution in [0.5, 0.6) is 11.5 Å². The van der Waals surface area contributed by atoms with Gasteiger partial charge in [0, 0.05) is 38.2 Å². The standard InChI is InChI=1S/C23H29N3O3/c1-23(2)15-17-7-6-10-20(22(17)29-23)28-16-21(27)24-18-8-4-5-9-19(18)26-13-11-25(3)12-14-26/h4-10H,11-16H2,1-3H3,(H,24,27). The molecule has 0 radical (unpaired) electrons. The largest absolute Gasteiger partial charge is 0.483 e. The van der Waals surface area contributed by atoms with Crippen LogP contribution < -0.4 is 19.7 Å². The van der Waals surface area contributed by atoms with E-state index in [9.17, 15) is 4.79 Å². The van der Waals surface area contributed by atoms with Crippen molar-refractivity contribution in [3.8, 4) is 11.5 Å². The zero-order chi connectivity index (χ0) is 20.4. The summed E-state index contributed by atoms with van der Waals surface area (Å²) in [5.74, 6) is 1.19. The van der Waals surface area contributed by atoms with Crippen LogP contribution in [-0.4, -0.2) is 56.2 Å². The number of likely N-dealkylation sites (N-methyl/N-ethyl adjacent to an activating group) is 1. The number of anilines is 2. The Balaban J connectivity index is 1.40. The van der Waals surface area contributed by atoms with Crippen molar-refractivity contribution in [2.24, 2.45) is 0 Å². The summed E-state index contributed by atoms with van der Waals surface area (Å²) in [5, 5.41) is 3.01. The molecule has 6 nitrogen and oxygen atoms in total. The normalized spacial score (nSPS) is 18.1. The Hall–Kier alpha value is -2.73. The monoisotopic (exact) mass is 395 g/mol. The number of benzene rings is 2. The van der Waals surface area contributed by atoms with E-state index < -0.39 is 0 Å². The van der Waals surface area contributed by atoms with Gasteiger partial charge in [-0.1, -0.05) is 24.3 Å². The van der Waals surface area contributed by atoms with Gasteiger partial charge in [-0.3, -0.25) is 4.79 Å². The lowest BCUT2D eigenvalue weighted by Crippen LogP contribution is -2.44. The number of hydrogen-bond acceptors (Lipinski definition) is 5. The predicted octanol–water partition coefficient (Wildman–Crippen LogP) is 3.17. The molecule has 1 amide bonds. The molecule has 2 aromatic rings. The maximum Gasteiger partial charge on any atom is 0.262 e. The predicted molar refractivity (Wildman–Crippen MR) is 115 cm³/mol. The molecule has 2 aliphatic heterocycles. The lowest BCUT2D eigenvalue weighted by Gasteiger charge is -2.35. The van der Waals surface area contributed by atoms with Crippen LogP contribution in [0.1, 0.15) is 19.4 Å². The number of nitrogens with zero attached hydrogens (tertiary/aromatic N) is 2. The van der Waals surface area contributed by atoms with Crippen molar-refractivity contribution in [2.75, 3.05) is 50.1 Å². The van der Waals surface area contributed by atoms with E-state index in [1.54, 1.807) is 0 Å². The molecule has 154 valence electrons. The molecular formula is C23H29N3O3. The van der Waals surface area contributed by atoms with E-state index in [1.165, 1.54) is 0 Å². The summed E-state index contributed by atoms with van der Waals surface area (Å²) in [5.41, 5.74) is 2.75. The van der Waals surface area contributed by atoms with Crippen molar-refractivity contribution in [3.63, 3.8) is 0 Å². The third kappa shape index (κ3) is 4.48. The number of amides is 1. The summed E-state index contributed by atoms with van der Waals surface area (Å²) in [6, 6.07) is 13.8. The van der Waals surface area contributed by atoms with Gasteiger partial charge in [-0.25, -0.2) is 0 Å². The average molecular weight is 396 g/mol. The van der Waals surface area contributed by atoms with E-state index in [2.05, 4.69) is 42.1 Å². The Morgan fingerprint density at radius 3 is 2.66 bits per heavy atom. The maximum absolute atomic E-state index is 12.6. The van der Waals surface area contributed by atoms with Gasteiger partial charge < -0.3 is 24.6 Å². The highest BCUT2D eigenvalue weighted by molar-refractivity contribution is 5.95. The summed E-state index contributed by atoms with van der Waals surface area (Å²) in [7, 11) is 2.13. The molecule has 4 rings (SSSR count). The fraction of sp³-hybridized carbons (Fsp3) is 0.435. The Morgan fingerprint density at radius 2 is 1.86 bits per heavy atom. The summed E-state index contributed by atoms with van der Waals surface area (Å²) in [6.45, 7) is 7.98. The van der Waals surface area contributed by atoms with Crippen molar-refractivity contribution in [1.82, 2.24) is 4.90 Å². The molecule has 29 heavy (non-hydrogen) atoms. The van der Waals surface area contributed by atoms with Gasteiger partial charge in [-0.05, 0) is 39.1 Å². The number of carbonyl (C=O) groups excluding carboxylic acids is 1. The molecule has 0 aromatic heterocycles. The van der Waals surface area contributed by atoms with E-state index in [0.717, 1.165) is 55.3 Å². The fourth-order valence-electron chi connectivity index (χ4n) is 3.93. The number of piperazine rings is 1. The Bertz CT molecular complexity index is 889. The summed E-state index contributed by atoms with van der Waals surface area (Å²) < 4.78 is 11.8. The summed E-state index contributed by atoms with van der Waals surface area (Å²) in [6.07, 6.45) is 0.837. The van der Waals surface area contributed by atoms with Gasteiger partial charge in [0.2, 0.25) is 0 Å². The molecule has 0 saturated carbocycles. The van der Waals surface area contributed by atoms with Crippen molar-refractivity contribution in [1.29, 1.82) is 0 Å². The molecule has 0 aliphatic carbocycles. The van der Waals surface area contributed by atoms with Gasteiger partial charge in [-0.2, -0.15) is 0 Å². The molecule has 1 saturated heterocycles. The van der Waals surface area contributed by atoms with Crippen LogP contribution >= 0.6 is 0 Å². The summed E-state index contributed by atoms with van der Waals surface area (Å²) >= 11 is 0. The second-order valence-electron chi connectivity index (χ2n) is 8.43. The van der Waals surface area contributed by atoms with Crippen LogP contribution in [0.25, 0.3) is 0 Å². The third-order valence-electron chi connectivity index (χ3n) is 5.44. The number of carbonyl (C=O) groups is 1. The minimum absolute atomic E-state index is 0.0582. The lowest BCUT2D eigenvalue weighted by molar-refractivity contribution is -0.118. The van der Waals surface area contributed by atoms with Gasteiger partial charge >= 0.3 is 0 Å². The fourth-order valence-corrected chi connectivity index (χ4v) is 3.93. The molecular weight excluding hydrogens is 366 g/mol. The van der Waals surface area contributed by atoms with E-state index in [0.29, 0.717) is 5.75 Å². The number of hydrogen-bond donors (Lipinski definition) is 1. The average Bonchev–Trinajstić information content (AvgIpc) is 3.02. The van der Waals surface area contributed by atoms with Gasteiger partial charge in [0.1, 0.15) is 5.60 Å². The van der Waals surface area contributed by atoms with Crippen molar-refractivity contribution in [2.45, 2.75) is 25.9 Å². The van der Waals surface area contributed by atoms with Crippen LogP contribution in [0.3, 0.4) is 0 Å². The number of rotatable bonds is 5. The molecule has 2 aromatic carbocycles. The quantitative estimate of drug-likeness (QED) is 0.843. The first-order valence-electron chi connectivity index (χ1n) is 10.2. The molecule has 1 N–H and O–H groups in total. The molecule has 0 spiro atoms. The van der Waals surface area contributed by atoms with Gasteiger partial charge in [0.25, 0.3) is 5.91 Å². The van der Waals surface area contributed by atoms with E-state index in [4.69, 9.17) is 9.47 Å².